The van der Waals surface area contributed by atoms with Crippen LogP contribution in [0.3, 0.4) is 0 Å². The van der Waals surface area contributed by atoms with Crippen molar-refractivity contribution in [3.05, 3.63) is 0 Å². The number of likely N-dealkylation sites (tertiary alicyclic amines) is 1. The van der Waals surface area contributed by atoms with Crippen LogP contribution < -0.4 is 5.32 Å². The van der Waals surface area contributed by atoms with E-state index in [9.17, 15) is 0 Å². The first-order valence-electron chi connectivity index (χ1n) is 9.02. The lowest BCUT2D eigenvalue weighted by Crippen LogP contribution is -2.55. The molecule has 4 heteroatoms. The molecule has 4 rings (SSSR count). The second-order valence-corrected chi connectivity index (χ2v) is 7.69. The zero-order chi connectivity index (χ0) is 14.2. The predicted molar refractivity (Wildman–Crippen MR) is 82.2 cm³/mol. The smallest absolute Gasteiger partial charge is 0.168 e. The molecule has 1 atom stereocenters. The fourth-order valence-corrected chi connectivity index (χ4v) is 5.13. The summed E-state index contributed by atoms with van der Waals surface area (Å²) in [6, 6.07) is 0.766. The van der Waals surface area contributed by atoms with Crippen LogP contribution in [-0.4, -0.2) is 56.1 Å². The largest absolute Gasteiger partial charge is 0.348 e. The van der Waals surface area contributed by atoms with Gasteiger partial charge in [0, 0.05) is 32.0 Å². The highest BCUT2D eigenvalue weighted by molar-refractivity contribution is 4.95. The molecule has 4 nitrogen and oxygen atoms in total. The van der Waals surface area contributed by atoms with Gasteiger partial charge in [-0.3, -0.25) is 4.90 Å². The van der Waals surface area contributed by atoms with Crippen LogP contribution in [0, 0.1) is 5.41 Å². The Morgan fingerprint density at radius 2 is 1.71 bits per heavy atom. The Morgan fingerprint density at radius 1 is 0.952 bits per heavy atom. The fourth-order valence-electron chi connectivity index (χ4n) is 5.13. The van der Waals surface area contributed by atoms with Crippen LogP contribution in [0.5, 0.6) is 0 Å². The second kappa shape index (κ2) is 5.80. The molecule has 0 amide bonds. The molecule has 0 aromatic rings. The van der Waals surface area contributed by atoms with Crippen molar-refractivity contribution in [3.63, 3.8) is 0 Å². The summed E-state index contributed by atoms with van der Waals surface area (Å²) in [5.74, 6) is -0.198. The van der Waals surface area contributed by atoms with Crippen LogP contribution >= 0.6 is 0 Å². The number of rotatable bonds is 1. The molecule has 3 aliphatic heterocycles. The van der Waals surface area contributed by atoms with Gasteiger partial charge >= 0.3 is 0 Å². The van der Waals surface area contributed by atoms with Crippen LogP contribution in [-0.2, 0) is 9.47 Å². The van der Waals surface area contributed by atoms with Crippen molar-refractivity contribution in [1.82, 2.24) is 10.2 Å². The van der Waals surface area contributed by atoms with Crippen LogP contribution in [0.4, 0.5) is 0 Å². The summed E-state index contributed by atoms with van der Waals surface area (Å²) in [5.41, 5.74) is 0.575. The summed E-state index contributed by atoms with van der Waals surface area (Å²) in [5, 5.41) is 3.64. The van der Waals surface area contributed by atoms with Crippen molar-refractivity contribution >= 4 is 0 Å². The van der Waals surface area contributed by atoms with Crippen LogP contribution in [0.2, 0.25) is 0 Å². The van der Waals surface area contributed by atoms with Gasteiger partial charge in [0.25, 0.3) is 0 Å². The summed E-state index contributed by atoms with van der Waals surface area (Å²) >= 11 is 0. The molecule has 1 unspecified atom stereocenters. The number of ether oxygens (including phenoxy) is 2. The fraction of sp³-hybridized carbons (Fsp3) is 1.00. The molecule has 0 aromatic carbocycles. The van der Waals surface area contributed by atoms with Gasteiger partial charge in [-0.1, -0.05) is 0 Å². The number of hydrogen-bond acceptors (Lipinski definition) is 4. The third-order valence-corrected chi connectivity index (χ3v) is 6.30. The molecule has 4 fully saturated rings. The molecule has 1 N–H and O–H groups in total. The van der Waals surface area contributed by atoms with Crippen molar-refractivity contribution in [2.24, 2.45) is 5.41 Å². The molecule has 21 heavy (non-hydrogen) atoms. The maximum atomic E-state index is 5.88. The van der Waals surface area contributed by atoms with Gasteiger partial charge in [-0.25, -0.2) is 0 Å². The Balaban J connectivity index is 1.36. The minimum absolute atomic E-state index is 0.198. The number of hydrogen-bond donors (Lipinski definition) is 1. The monoisotopic (exact) mass is 294 g/mol. The van der Waals surface area contributed by atoms with Crippen molar-refractivity contribution in [1.29, 1.82) is 0 Å². The first-order chi connectivity index (χ1) is 10.3. The normalized spacial score (nSPS) is 38.3. The number of nitrogens with zero attached hydrogens (tertiary/aromatic N) is 1. The summed E-state index contributed by atoms with van der Waals surface area (Å²) in [6.45, 7) is 6.68. The molecular formula is C17H30N2O2. The molecule has 1 saturated carbocycles. The minimum Gasteiger partial charge on any atom is -0.348 e. The zero-order valence-electron chi connectivity index (χ0n) is 13.2. The Labute approximate surface area is 128 Å². The van der Waals surface area contributed by atoms with E-state index in [4.69, 9.17) is 9.47 Å². The zero-order valence-corrected chi connectivity index (χ0v) is 13.2. The highest BCUT2D eigenvalue weighted by Gasteiger charge is 2.44. The van der Waals surface area contributed by atoms with E-state index in [1.807, 2.05) is 0 Å². The summed E-state index contributed by atoms with van der Waals surface area (Å²) < 4.78 is 11.8. The molecule has 120 valence electrons. The van der Waals surface area contributed by atoms with E-state index >= 15 is 0 Å². The van der Waals surface area contributed by atoms with E-state index in [1.165, 1.54) is 64.7 Å². The van der Waals surface area contributed by atoms with Gasteiger partial charge in [0.05, 0.1) is 13.2 Å². The Morgan fingerprint density at radius 3 is 2.43 bits per heavy atom. The van der Waals surface area contributed by atoms with E-state index < -0.39 is 0 Å². The quantitative estimate of drug-likeness (QED) is 0.803. The van der Waals surface area contributed by atoms with Crippen molar-refractivity contribution in [2.75, 3.05) is 39.4 Å². The van der Waals surface area contributed by atoms with Crippen LogP contribution in [0.1, 0.15) is 51.4 Å². The minimum atomic E-state index is -0.198. The molecule has 2 spiro atoms. The second-order valence-electron chi connectivity index (χ2n) is 7.69. The summed E-state index contributed by atoms with van der Waals surface area (Å²) in [4.78, 5) is 2.80. The van der Waals surface area contributed by atoms with Crippen molar-refractivity contribution in [2.45, 2.75) is 63.2 Å². The molecular weight excluding hydrogens is 264 g/mol. The van der Waals surface area contributed by atoms with E-state index in [0.717, 1.165) is 32.1 Å². The van der Waals surface area contributed by atoms with Gasteiger partial charge in [-0.2, -0.15) is 0 Å². The Hall–Kier alpha value is -0.160. The lowest BCUT2D eigenvalue weighted by molar-refractivity contribution is -0.185. The first kappa shape index (κ1) is 14.4. The van der Waals surface area contributed by atoms with Gasteiger partial charge in [0.2, 0.25) is 0 Å². The lowest BCUT2D eigenvalue weighted by Gasteiger charge is -2.49. The number of nitrogens with one attached hydrogen (secondary N) is 1. The van der Waals surface area contributed by atoms with Crippen molar-refractivity contribution in [3.8, 4) is 0 Å². The Kier molecular flexibility index (Phi) is 3.99. The lowest BCUT2D eigenvalue weighted by atomic mass is 9.73. The maximum Gasteiger partial charge on any atom is 0.168 e. The van der Waals surface area contributed by atoms with E-state index in [1.54, 1.807) is 0 Å². The van der Waals surface area contributed by atoms with Crippen LogP contribution in [0.25, 0.3) is 0 Å². The maximum absolute atomic E-state index is 5.88. The molecule has 0 aromatic heterocycles. The van der Waals surface area contributed by atoms with Crippen molar-refractivity contribution < 1.29 is 9.47 Å². The average molecular weight is 294 g/mol. The van der Waals surface area contributed by atoms with Gasteiger partial charge in [0.15, 0.2) is 5.79 Å². The molecule has 1 aliphatic carbocycles. The highest BCUT2D eigenvalue weighted by Crippen LogP contribution is 2.41. The third kappa shape index (κ3) is 2.88. The van der Waals surface area contributed by atoms with Gasteiger partial charge < -0.3 is 14.8 Å². The van der Waals surface area contributed by atoms with E-state index in [0.29, 0.717) is 5.41 Å². The highest BCUT2D eigenvalue weighted by atomic mass is 16.7. The molecule has 0 radical (unpaired) electrons. The van der Waals surface area contributed by atoms with Gasteiger partial charge in [-0.05, 0) is 57.0 Å². The molecule has 0 bridgehead atoms. The molecule has 3 saturated heterocycles. The molecule has 4 aliphatic rings. The first-order valence-corrected chi connectivity index (χ1v) is 9.02. The third-order valence-electron chi connectivity index (χ3n) is 6.30. The SMILES string of the molecule is C1CNCC2(C1)CCCN(C1CCC3(CC1)OCCO3)C2. The summed E-state index contributed by atoms with van der Waals surface area (Å²) in [6.07, 6.45) is 10.3. The average Bonchev–Trinajstić information content (AvgIpc) is 2.97. The van der Waals surface area contributed by atoms with Gasteiger partial charge in [0.1, 0.15) is 0 Å². The summed E-state index contributed by atoms with van der Waals surface area (Å²) in [7, 11) is 0. The standard InChI is InChI=1S/C17H30N2O2/c1-5-16(13-18-9-1)6-2-10-19(14-16)15-3-7-17(8-4-15)20-11-12-21-17/h15,18H,1-14H2. The van der Waals surface area contributed by atoms with Crippen LogP contribution in [0.15, 0.2) is 0 Å². The topological polar surface area (TPSA) is 33.7 Å². The van der Waals surface area contributed by atoms with E-state index in [-0.39, 0.29) is 5.79 Å². The molecule has 3 heterocycles. The predicted octanol–water partition coefficient (Wildman–Crippen LogP) is 2.14. The Bertz CT molecular complexity index is 346. The number of piperidine rings is 2. The van der Waals surface area contributed by atoms with E-state index in [2.05, 4.69) is 10.2 Å². The van der Waals surface area contributed by atoms with Gasteiger partial charge in [-0.15, -0.1) is 0 Å².